The second-order valence-electron chi connectivity index (χ2n) is 8.33. The van der Waals surface area contributed by atoms with Crippen molar-refractivity contribution in [3.63, 3.8) is 0 Å². The van der Waals surface area contributed by atoms with Gasteiger partial charge in [0.25, 0.3) is 11.6 Å². The van der Waals surface area contributed by atoms with E-state index in [0.29, 0.717) is 40.5 Å². The van der Waals surface area contributed by atoms with E-state index in [-0.39, 0.29) is 16.7 Å². The van der Waals surface area contributed by atoms with E-state index in [0.717, 1.165) is 16.7 Å². The molecule has 3 aromatic rings. The average molecular weight is 523 g/mol. The molecule has 0 saturated carbocycles. The van der Waals surface area contributed by atoms with Crippen LogP contribution in [0.3, 0.4) is 0 Å². The van der Waals surface area contributed by atoms with Crippen molar-refractivity contribution in [3.8, 4) is 28.4 Å². The second kappa shape index (κ2) is 10.9. The zero-order chi connectivity index (χ0) is 26.7. The summed E-state index contributed by atoms with van der Waals surface area (Å²) in [6, 6.07) is 12.0. The van der Waals surface area contributed by atoms with Crippen LogP contribution in [0.1, 0.15) is 33.9 Å². The molecule has 37 heavy (non-hydrogen) atoms. The molecule has 192 valence electrons. The quantitative estimate of drug-likeness (QED) is 0.268. The lowest BCUT2D eigenvalue weighted by molar-refractivity contribution is -0.384. The zero-order valence-corrected chi connectivity index (χ0v) is 21.6. The number of hydrogen-bond donors (Lipinski definition) is 1. The van der Waals surface area contributed by atoms with Gasteiger partial charge in [-0.2, -0.15) is 0 Å². The lowest BCUT2D eigenvalue weighted by Gasteiger charge is -2.20. The Morgan fingerprint density at radius 3 is 2.32 bits per heavy atom. The molecule has 0 saturated heterocycles. The number of methoxy groups -OCH3 is 3. The highest BCUT2D eigenvalue weighted by Crippen LogP contribution is 2.50. The Kier molecular flexibility index (Phi) is 7.68. The number of nitro groups is 1. The fourth-order valence-corrected chi connectivity index (χ4v) is 5.06. The summed E-state index contributed by atoms with van der Waals surface area (Å²) in [4.78, 5) is 37.3. The fourth-order valence-electron chi connectivity index (χ4n) is 4.59. The van der Waals surface area contributed by atoms with E-state index in [1.54, 1.807) is 26.4 Å². The maximum Gasteiger partial charge on any atom is 0.269 e. The van der Waals surface area contributed by atoms with Crippen molar-refractivity contribution in [1.82, 2.24) is 5.32 Å². The number of thioether (sulfide) groups is 1. The van der Waals surface area contributed by atoms with E-state index < -0.39 is 16.9 Å². The Labute approximate surface area is 217 Å². The topological polar surface area (TPSA) is 117 Å². The van der Waals surface area contributed by atoms with Gasteiger partial charge in [-0.05, 0) is 66.1 Å². The number of hydrogen-bond acceptors (Lipinski definition) is 8. The van der Waals surface area contributed by atoms with Crippen LogP contribution in [0.5, 0.6) is 17.2 Å². The van der Waals surface area contributed by atoms with Gasteiger partial charge in [-0.1, -0.05) is 6.07 Å². The number of carbonyl (C=O) groups is 1. The minimum absolute atomic E-state index is 0.102. The lowest BCUT2D eigenvalue weighted by atomic mass is 9.95. The molecule has 0 unspecified atom stereocenters. The molecule has 1 aliphatic rings. The normalized spacial score (nSPS) is 14.0. The van der Waals surface area contributed by atoms with Crippen molar-refractivity contribution in [2.45, 2.75) is 23.8 Å². The molecule has 1 atom stereocenters. The summed E-state index contributed by atoms with van der Waals surface area (Å²) in [6.45, 7) is 0. The number of aryl methyl sites for hydroxylation is 1. The first kappa shape index (κ1) is 26.0. The van der Waals surface area contributed by atoms with Crippen molar-refractivity contribution in [3.05, 3.63) is 85.6 Å². The second-order valence-corrected chi connectivity index (χ2v) is 9.18. The molecule has 4 rings (SSSR count). The van der Waals surface area contributed by atoms with E-state index in [1.165, 1.54) is 43.1 Å². The van der Waals surface area contributed by atoms with Gasteiger partial charge in [-0.25, -0.2) is 0 Å². The summed E-state index contributed by atoms with van der Waals surface area (Å²) in [5, 5.41) is 14.0. The van der Waals surface area contributed by atoms with Crippen LogP contribution >= 0.6 is 11.8 Å². The average Bonchev–Trinajstić information content (AvgIpc) is 3.15. The molecule has 0 aliphatic heterocycles. The van der Waals surface area contributed by atoms with Crippen LogP contribution in [0.2, 0.25) is 0 Å². The number of nitrogens with one attached hydrogen (secondary N) is 1. The number of ether oxygens (including phenoxy) is 3. The standard InChI is InChI=1S/C27H26N2O7S/c1-34-22-13-16-7-11-20(28-27(31)15-5-8-17(9-6-15)29(32)33)19-14-21(30)23(37-4)12-10-18(19)24(16)26(36-3)25(22)35-2/h5-6,8-10,12-14,20H,7,11H2,1-4H3,(H,28,31)/t20-/m0/s1. The zero-order valence-electron chi connectivity index (χ0n) is 20.8. The molecule has 3 aromatic carbocycles. The maximum atomic E-state index is 13.2. The largest absolute Gasteiger partial charge is 0.493 e. The Morgan fingerprint density at radius 2 is 1.73 bits per heavy atom. The van der Waals surface area contributed by atoms with Crippen molar-refractivity contribution in [1.29, 1.82) is 0 Å². The van der Waals surface area contributed by atoms with Crippen LogP contribution in [0.25, 0.3) is 11.1 Å². The molecule has 0 bridgehead atoms. The summed E-state index contributed by atoms with van der Waals surface area (Å²) < 4.78 is 17.0. The summed E-state index contributed by atoms with van der Waals surface area (Å²) in [6.07, 6.45) is 2.88. The first-order valence-electron chi connectivity index (χ1n) is 11.4. The first-order valence-corrected chi connectivity index (χ1v) is 12.6. The smallest absolute Gasteiger partial charge is 0.269 e. The number of fused-ring (bicyclic) bond motifs is 3. The SMILES string of the molecule is COc1cc2c(c(OC)c1OC)-c1ccc(SC)c(=O)cc1[C@@H](NC(=O)c1ccc([N+](=O)[O-])cc1)CC2. The van der Waals surface area contributed by atoms with Gasteiger partial charge >= 0.3 is 0 Å². The van der Waals surface area contributed by atoms with E-state index in [9.17, 15) is 19.7 Å². The summed E-state index contributed by atoms with van der Waals surface area (Å²) in [5.41, 5.74) is 3.08. The molecule has 1 N–H and O–H groups in total. The molecule has 0 radical (unpaired) electrons. The van der Waals surface area contributed by atoms with Crippen LogP contribution in [-0.2, 0) is 6.42 Å². The van der Waals surface area contributed by atoms with Gasteiger partial charge in [0, 0.05) is 23.3 Å². The Hall–Kier alpha value is -4.05. The summed E-state index contributed by atoms with van der Waals surface area (Å²) in [7, 11) is 4.63. The molecule has 0 spiro atoms. The monoisotopic (exact) mass is 522 g/mol. The van der Waals surface area contributed by atoms with Crippen molar-refractivity contribution in [2.75, 3.05) is 27.6 Å². The molecular weight excluding hydrogens is 496 g/mol. The molecule has 9 nitrogen and oxygen atoms in total. The summed E-state index contributed by atoms with van der Waals surface area (Å²) >= 11 is 1.34. The number of amides is 1. The Balaban J connectivity index is 1.88. The third-order valence-corrected chi connectivity index (χ3v) is 7.14. The van der Waals surface area contributed by atoms with Gasteiger partial charge in [-0.15, -0.1) is 11.8 Å². The number of nitrogens with zero attached hydrogens (tertiary/aromatic N) is 1. The van der Waals surface area contributed by atoms with Crippen LogP contribution in [0, 0.1) is 10.1 Å². The minimum Gasteiger partial charge on any atom is -0.493 e. The number of carbonyl (C=O) groups excluding carboxylic acids is 1. The Morgan fingerprint density at radius 1 is 1.03 bits per heavy atom. The molecule has 0 heterocycles. The highest BCUT2D eigenvalue weighted by molar-refractivity contribution is 7.98. The van der Waals surface area contributed by atoms with Crippen molar-refractivity contribution < 1.29 is 23.9 Å². The first-order chi connectivity index (χ1) is 17.8. The van der Waals surface area contributed by atoms with Gasteiger partial charge in [0.2, 0.25) is 5.75 Å². The predicted molar refractivity (Wildman–Crippen MR) is 141 cm³/mol. The molecule has 1 amide bonds. The molecule has 1 aliphatic carbocycles. The van der Waals surface area contributed by atoms with E-state index in [2.05, 4.69) is 5.32 Å². The number of non-ortho nitro benzene ring substituents is 1. The minimum atomic E-state index is -0.518. The summed E-state index contributed by atoms with van der Waals surface area (Å²) in [5.74, 6) is 1.03. The lowest BCUT2D eigenvalue weighted by Crippen LogP contribution is -2.29. The van der Waals surface area contributed by atoms with Gasteiger partial charge in [0.05, 0.1) is 37.2 Å². The van der Waals surface area contributed by atoms with Crippen LogP contribution < -0.4 is 25.0 Å². The van der Waals surface area contributed by atoms with E-state index >= 15 is 0 Å². The highest BCUT2D eigenvalue weighted by atomic mass is 32.2. The van der Waals surface area contributed by atoms with Crippen LogP contribution in [0.15, 0.2) is 58.2 Å². The van der Waals surface area contributed by atoms with E-state index in [4.69, 9.17) is 14.2 Å². The maximum absolute atomic E-state index is 13.2. The number of rotatable bonds is 7. The Bertz CT molecular complexity index is 1420. The van der Waals surface area contributed by atoms with E-state index in [1.807, 2.05) is 18.4 Å². The molecule has 0 aromatic heterocycles. The number of benzene rings is 2. The third-order valence-electron chi connectivity index (χ3n) is 6.37. The highest BCUT2D eigenvalue weighted by Gasteiger charge is 2.30. The van der Waals surface area contributed by atoms with Crippen LogP contribution in [0.4, 0.5) is 5.69 Å². The third kappa shape index (κ3) is 4.97. The predicted octanol–water partition coefficient (Wildman–Crippen LogP) is 4.79. The van der Waals surface area contributed by atoms with Crippen LogP contribution in [-0.4, -0.2) is 38.4 Å². The van der Waals surface area contributed by atoms with Crippen molar-refractivity contribution in [2.24, 2.45) is 0 Å². The molecule has 10 heteroatoms. The molecular formula is C27H26N2O7S. The van der Waals surface area contributed by atoms with Gasteiger partial charge in [0.1, 0.15) is 0 Å². The fraction of sp³-hybridized carbons (Fsp3) is 0.259. The van der Waals surface area contributed by atoms with Gasteiger partial charge < -0.3 is 19.5 Å². The van der Waals surface area contributed by atoms with Gasteiger partial charge in [-0.3, -0.25) is 19.7 Å². The van der Waals surface area contributed by atoms with Gasteiger partial charge in [0.15, 0.2) is 16.9 Å². The number of nitro benzene ring substituents is 1. The van der Waals surface area contributed by atoms with Crippen molar-refractivity contribution >= 4 is 23.4 Å². The molecule has 0 fully saturated rings.